The second kappa shape index (κ2) is 9.40. The summed E-state index contributed by atoms with van der Waals surface area (Å²) in [6.07, 6.45) is 1.18. The van der Waals surface area contributed by atoms with Gasteiger partial charge in [0.25, 0.3) is 0 Å². The maximum atomic E-state index is 6.16. The second-order valence-electron chi connectivity index (χ2n) is 6.92. The number of nitrogens with one attached hydrogen (secondary N) is 2. The van der Waals surface area contributed by atoms with E-state index in [2.05, 4.69) is 52.8 Å². The molecule has 0 radical (unpaired) electrons. The van der Waals surface area contributed by atoms with Crippen molar-refractivity contribution in [1.29, 1.82) is 0 Å². The number of hydrogen-bond acceptors (Lipinski definition) is 3. The van der Waals surface area contributed by atoms with Gasteiger partial charge in [0.05, 0.1) is 12.1 Å². The lowest BCUT2D eigenvalue weighted by atomic mass is 10.1. The van der Waals surface area contributed by atoms with Gasteiger partial charge >= 0.3 is 0 Å². The van der Waals surface area contributed by atoms with Crippen LogP contribution in [0.25, 0.3) is 0 Å². The molecule has 1 aliphatic rings. The Morgan fingerprint density at radius 3 is 2.78 bits per heavy atom. The summed E-state index contributed by atoms with van der Waals surface area (Å²) in [4.78, 5) is 2.54. The molecule has 2 aromatic rings. The van der Waals surface area contributed by atoms with Crippen LogP contribution in [0.5, 0.6) is 5.75 Å². The van der Waals surface area contributed by atoms with Crippen molar-refractivity contribution in [2.45, 2.75) is 19.4 Å². The number of halogens is 1. The third-order valence-corrected chi connectivity index (χ3v) is 5.65. The molecule has 6 heteroatoms. The minimum absolute atomic E-state index is 0.447. The first-order valence-corrected chi connectivity index (χ1v) is 10.0. The van der Waals surface area contributed by atoms with Gasteiger partial charge in [0.15, 0.2) is 5.11 Å². The van der Waals surface area contributed by atoms with Crippen molar-refractivity contribution in [3.63, 3.8) is 0 Å². The highest BCUT2D eigenvalue weighted by Crippen LogP contribution is 2.28. The van der Waals surface area contributed by atoms with E-state index in [0.717, 1.165) is 25.3 Å². The molecule has 1 aliphatic heterocycles. The average Bonchev–Trinajstić information content (AvgIpc) is 3.16. The number of likely N-dealkylation sites (tertiary alicyclic amines) is 1. The monoisotopic (exact) mass is 403 g/mol. The van der Waals surface area contributed by atoms with Crippen LogP contribution in [0.1, 0.15) is 24.9 Å². The van der Waals surface area contributed by atoms with Crippen molar-refractivity contribution < 1.29 is 4.74 Å². The molecule has 0 amide bonds. The van der Waals surface area contributed by atoms with Crippen LogP contribution in [0.15, 0.2) is 48.5 Å². The van der Waals surface area contributed by atoms with E-state index in [1.165, 1.54) is 12.0 Å². The van der Waals surface area contributed by atoms with Gasteiger partial charge in [-0.05, 0) is 61.8 Å². The number of rotatable bonds is 6. The van der Waals surface area contributed by atoms with E-state index in [1.54, 1.807) is 7.11 Å². The zero-order valence-electron chi connectivity index (χ0n) is 15.7. The summed E-state index contributed by atoms with van der Waals surface area (Å²) < 4.78 is 5.17. The van der Waals surface area contributed by atoms with Gasteiger partial charge in [0.2, 0.25) is 0 Å². The number of methoxy groups -OCH3 is 1. The molecule has 2 atom stereocenters. The predicted molar refractivity (Wildman–Crippen MR) is 117 cm³/mol. The molecule has 0 aromatic heterocycles. The molecule has 3 rings (SSSR count). The van der Waals surface area contributed by atoms with E-state index in [0.29, 0.717) is 27.8 Å². The Bertz CT molecular complexity index is 771. The third-order valence-electron chi connectivity index (χ3n) is 5.11. The molecule has 1 fully saturated rings. The number of hydrogen-bond donors (Lipinski definition) is 2. The molecule has 1 heterocycles. The third kappa shape index (κ3) is 5.34. The number of benzene rings is 2. The standard InChI is InChI=1S/C21H26ClN3OS/c1-15(17-6-4-3-5-7-17)25-11-10-16(14-25)13-23-21(27)24-18-8-9-20(26-2)19(22)12-18/h3-9,12,15-16H,10-11,13-14H2,1-2H3,(H2,23,24,27)/t15-,16-/m0/s1. The first-order chi connectivity index (χ1) is 13.1. The Hall–Kier alpha value is -1.82. The molecule has 0 saturated carbocycles. The molecular weight excluding hydrogens is 378 g/mol. The Labute approximate surface area is 171 Å². The lowest BCUT2D eigenvalue weighted by Crippen LogP contribution is -2.34. The minimum Gasteiger partial charge on any atom is -0.495 e. The number of nitrogens with zero attached hydrogens (tertiary/aromatic N) is 1. The van der Waals surface area contributed by atoms with Crippen LogP contribution in [-0.4, -0.2) is 36.8 Å². The fraction of sp³-hybridized carbons (Fsp3) is 0.381. The van der Waals surface area contributed by atoms with Crippen LogP contribution < -0.4 is 15.4 Å². The van der Waals surface area contributed by atoms with E-state index in [1.807, 2.05) is 18.2 Å². The quantitative estimate of drug-likeness (QED) is 0.682. The molecule has 0 spiro atoms. The van der Waals surface area contributed by atoms with Crippen molar-refractivity contribution in [3.8, 4) is 5.75 Å². The molecule has 2 N–H and O–H groups in total. The zero-order chi connectivity index (χ0) is 19.2. The van der Waals surface area contributed by atoms with E-state index in [-0.39, 0.29) is 0 Å². The first-order valence-electron chi connectivity index (χ1n) is 9.24. The number of ether oxygens (including phenoxy) is 1. The van der Waals surface area contributed by atoms with Crippen LogP contribution in [0, 0.1) is 5.92 Å². The molecule has 0 bridgehead atoms. The van der Waals surface area contributed by atoms with Crippen LogP contribution in [0.2, 0.25) is 5.02 Å². The molecule has 144 valence electrons. The zero-order valence-corrected chi connectivity index (χ0v) is 17.3. The first kappa shape index (κ1) is 19.9. The summed E-state index contributed by atoms with van der Waals surface area (Å²) in [7, 11) is 1.60. The van der Waals surface area contributed by atoms with E-state index >= 15 is 0 Å². The highest BCUT2D eigenvalue weighted by atomic mass is 35.5. The second-order valence-corrected chi connectivity index (χ2v) is 7.74. The number of anilines is 1. The van der Waals surface area contributed by atoms with E-state index in [9.17, 15) is 0 Å². The molecule has 2 aromatic carbocycles. The Morgan fingerprint density at radius 2 is 2.07 bits per heavy atom. The van der Waals surface area contributed by atoms with Gasteiger partial charge in [0.1, 0.15) is 5.75 Å². The van der Waals surface area contributed by atoms with E-state index in [4.69, 9.17) is 28.6 Å². The lowest BCUT2D eigenvalue weighted by molar-refractivity contribution is 0.253. The maximum absolute atomic E-state index is 6.16. The maximum Gasteiger partial charge on any atom is 0.170 e. The van der Waals surface area contributed by atoms with Gasteiger partial charge in [-0.3, -0.25) is 4.90 Å². The van der Waals surface area contributed by atoms with Gasteiger partial charge in [-0.1, -0.05) is 41.9 Å². The average molecular weight is 404 g/mol. The van der Waals surface area contributed by atoms with Crippen LogP contribution >= 0.6 is 23.8 Å². The fourth-order valence-corrected chi connectivity index (χ4v) is 3.94. The SMILES string of the molecule is COc1ccc(NC(=S)NC[C@@H]2CCN([C@@H](C)c3ccccc3)C2)cc1Cl. The Kier molecular flexibility index (Phi) is 6.94. The molecule has 0 aliphatic carbocycles. The topological polar surface area (TPSA) is 36.5 Å². The summed E-state index contributed by atoms with van der Waals surface area (Å²) in [6, 6.07) is 16.7. The normalized spacial score (nSPS) is 18.1. The molecule has 27 heavy (non-hydrogen) atoms. The lowest BCUT2D eigenvalue weighted by Gasteiger charge is -2.25. The van der Waals surface area contributed by atoms with E-state index < -0.39 is 0 Å². The summed E-state index contributed by atoms with van der Waals surface area (Å²) in [5.41, 5.74) is 2.23. The van der Waals surface area contributed by atoms with Crippen molar-refractivity contribution in [2.75, 3.05) is 32.1 Å². The van der Waals surface area contributed by atoms with Gasteiger partial charge in [0, 0.05) is 24.8 Å². The van der Waals surface area contributed by atoms with Gasteiger partial charge in [-0.25, -0.2) is 0 Å². The Balaban J connectivity index is 1.45. The highest BCUT2D eigenvalue weighted by Gasteiger charge is 2.26. The summed E-state index contributed by atoms with van der Waals surface area (Å²) in [6.45, 7) is 5.36. The van der Waals surface area contributed by atoms with Crippen LogP contribution in [0.3, 0.4) is 0 Å². The molecule has 1 saturated heterocycles. The van der Waals surface area contributed by atoms with Gasteiger partial charge < -0.3 is 15.4 Å². The van der Waals surface area contributed by atoms with Gasteiger partial charge in [-0.2, -0.15) is 0 Å². The molecule has 0 unspecified atom stereocenters. The summed E-state index contributed by atoms with van der Waals surface area (Å²) in [5.74, 6) is 1.25. The van der Waals surface area contributed by atoms with Gasteiger partial charge in [-0.15, -0.1) is 0 Å². The van der Waals surface area contributed by atoms with Crippen molar-refractivity contribution in [2.24, 2.45) is 5.92 Å². The largest absolute Gasteiger partial charge is 0.495 e. The minimum atomic E-state index is 0.447. The molecular formula is C21H26ClN3OS. The van der Waals surface area contributed by atoms with Crippen molar-refractivity contribution in [3.05, 3.63) is 59.1 Å². The van der Waals surface area contributed by atoms with Crippen LogP contribution in [-0.2, 0) is 0 Å². The van der Waals surface area contributed by atoms with Crippen molar-refractivity contribution in [1.82, 2.24) is 10.2 Å². The molecule has 4 nitrogen and oxygen atoms in total. The van der Waals surface area contributed by atoms with Crippen molar-refractivity contribution >= 4 is 34.6 Å². The Morgan fingerprint density at radius 1 is 1.30 bits per heavy atom. The predicted octanol–water partition coefficient (Wildman–Crippen LogP) is 4.72. The number of thiocarbonyl (C=S) groups is 1. The summed E-state index contributed by atoms with van der Waals surface area (Å²) >= 11 is 11.6. The fourth-order valence-electron chi connectivity index (χ4n) is 3.48. The smallest absolute Gasteiger partial charge is 0.170 e. The summed E-state index contributed by atoms with van der Waals surface area (Å²) in [5, 5.41) is 7.70. The van der Waals surface area contributed by atoms with Crippen LogP contribution in [0.4, 0.5) is 5.69 Å². The highest BCUT2D eigenvalue weighted by molar-refractivity contribution is 7.80.